The Morgan fingerprint density at radius 3 is 2.58 bits per heavy atom. The van der Waals surface area contributed by atoms with Crippen molar-refractivity contribution in [1.82, 2.24) is 5.43 Å². The minimum atomic E-state index is -0.847. The Labute approximate surface area is 196 Å². The molecule has 1 aliphatic heterocycles. The number of anilines is 1. The maximum absolute atomic E-state index is 13.1. The van der Waals surface area contributed by atoms with Crippen LogP contribution < -0.4 is 15.1 Å². The smallest absolute Gasteiger partial charge is 0.258 e. The van der Waals surface area contributed by atoms with Crippen LogP contribution in [0.1, 0.15) is 24.5 Å². The Bertz CT molecular complexity index is 1240. The van der Waals surface area contributed by atoms with Crippen LogP contribution in [0.25, 0.3) is 0 Å². The molecule has 3 aromatic rings. The van der Waals surface area contributed by atoms with Crippen molar-refractivity contribution in [2.24, 2.45) is 5.10 Å². The number of hydrazone groups is 1. The zero-order valence-corrected chi connectivity index (χ0v) is 18.8. The quantitative estimate of drug-likeness (QED) is 0.311. The van der Waals surface area contributed by atoms with Gasteiger partial charge in [-0.05, 0) is 55.8 Å². The van der Waals surface area contributed by atoms with Crippen molar-refractivity contribution in [3.8, 4) is 17.2 Å². The molecule has 2 amide bonds. The number of carbonyl (C=O) groups is 2. The predicted molar refractivity (Wildman–Crippen MR) is 127 cm³/mol. The van der Waals surface area contributed by atoms with E-state index in [0.29, 0.717) is 33.5 Å². The molecule has 0 aliphatic carbocycles. The number of amides is 2. The first-order chi connectivity index (χ1) is 15.8. The van der Waals surface area contributed by atoms with Gasteiger partial charge in [0, 0.05) is 10.6 Å². The largest absolute Gasteiger partial charge is 0.507 e. The van der Waals surface area contributed by atoms with Gasteiger partial charge >= 0.3 is 0 Å². The van der Waals surface area contributed by atoms with Gasteiger partial charge in [-0.15, -0.1) is 0 Å². The summed E-state index contributed by atoms with van der Waals surface area (Å²) in [4.78, 5) is 26.9. The minimum Gasteiger partial charge on any atom is -0.507 e. The Hall–Kier alpha value is -3.84. The van der Waals surface area contributed by atoms with Crippen LogP contribution in [0.5, 0.6) is 17.2 Å². The van der Waals surface area contributed by atoms with Crippen LogP contribution in [0.2, 0.25) is 5.02 Å². The van der Waals surface area contributed by atoms with Gasteiger partial charge in [0.25, 0.3) is 5.91 Å². The molecule has 1 heterocycles. The van der Waals surface area contributed by atoms with E-state index in [4.69, 9.17) is 16.3 Å². The van der Waals surface area contributed by atoms with Gasteiger partial charge in [0.15, 0.2) is 5.75 Å². The molecule has 0 saturated carbocycles. The molecule has 0 radical (unpaired) electrons. The number of halogens is 1. The van der Waals surface area contributed by atoms with Gasteiger partial charge < -0.3 is 9.84 Å². The number of imide groups is 1. The zero-order chi connectivity index (χ0) is 23.5. The average Bonchev–Trinajstić information content (AvgIpc) is 3.08. The Balaban J connectivity index is 1.54. The van der Waals surface area contributed by atoms with Crippen molar-refractivity contribution in [1.29, 1.82) is 0 Å². The number of nitrogens with zero attached hydrogens (tertiary/aromatic N) is 2. The minimum absolute atomic E-state index is 0.0300. The monoisotopic (exact) mass is 463 g/mol. The second-order valence-corrected chi connectivity index (χ2v) is 8.06. The fourth-order valence-corrected chi connectivity index (χ4v) is 3.68. The first kappa shape index (κ1) is 22.4. The van der Waals surface area contributed by atoms with Crippen LogP contribution in [0, 0.1) is 6.92 Å². The van der Waals surface area contributed by atoms with Crippen molar-refractivity contribution < 1.29 is 19.4 Å². The highest BCUT2D eigenvalue weighted by Gasteiger charge is 2.41. The average molecular weight is 464 g/mol. The van der Waals surface area contributed by atoms with E-state index in [-0.39, 0.29) is 18.1 Å². The molecule has 2 N–H and O–H groups in total. The van der Waals surface area contributed by atoms with Crippen molar-refractivity contribution in [2.45, 2.75) is 26.3 Å². The number of carbonyl (C=O) groups excluding carboxylic acids is 2. The lowest BCUT2D eigenvalue weighted by Gasteiger charge is -2.19. The van der Waals surface area contributed by atoms with E-state index in [1.54, 1.807) is 62.4 Å². The summed E-state index contributed by atoms with van der Waals surface area (Å²) in [5.41, 5.74) is 4.74. The normalized spacial score (nSPS) is 16.3. The van der Waals surface area contributed by atoms with Gasteiger partial charge in [-0.1, -0.05) is 41.9 Å². The molecule has 7 nitrogen and oxygen atoms in total. The first-order valence-electron chi connectivity index (χ1n) is 10.3. The lowest BCUT2D eigenvalue weighted by molar-refractivity contribution is -0.121. The number of hydrogen-bond donors (Lipinski definition) is 2. The van der Waals surface area contributed by atoms with Crippen molar-refractivity contribution in [3.05, 3.63) is 82.9 Å². The molecule has 0 bridgehead atoms. The summed E-state index contributed by atoms with van der Waals surface area (Å²) in [5.74, 6) is 0.213. The maximum atomic E-state index is 13.1. The summed E-state index contributed by atoms with van der Waals surface area (Å²) in [5, 5.41) is 14.9. The molecule has 3 aromatic carbocycles. The van der Waals surface area contributed by atoms with Crippen LogP contribution in [0.3, 0.4) is 0 Å². The number of phenolic OH excluding ortho intramolecular Hbond substituents is 1. The molecule has 168 valence electrons. The summed E-state index contributed by atoms with van der Waals surface area (Å²) in [6.07, 6.45) is -0.0596. The Kier molecular flexibility index (Phi) is 6.33. The lowest BCUT2D eigenvalue weighted by Crippen LogP contribution is -2.37. The van der Waals surface area contributed by atoms with E-state index in [1.807, 2.05) is 18.2 Å². The Morgan fingerprint density at radius 2 is 1.82 bits per heavy atom. The highest BCUT2D eigenvalue weighted by Crippen LogP contribution is 2.35. The van der Waals surface area contributed by atoms with Gasteiger partial charge in [-0.3, -0.25) is 15.0 Å². The van der Waals surface area contributed by atoms with Gasteiger partial charge in [-0.2, -0.15) is 5.10 Å². The van der Waals surface area contributed by atoms with Crippen LogP contribution in [-0.2, 0) is 9.59 Å². The molecule has 0 aromatic heterocycles. The zero-order valence-electron chi connectivity index (χ0n) is 18.1. The van der Waals surface area contributed by atoms with Gasteiger partial charge in [0.2, 0.25) is 5.91 Å². The number of phenols is 1. The number of hydrogen-bond acceptors (Lipinski definition) is 6. The van der Waals surface area contributed by atoms with E-state index in [1.165, 1.54) is 0 Å². The number of benzene rings is 3. The molecule has 1 unspecified atom stereocenters. The van der Waals surface area contributed by atoms with Crippen LogP contribution in [0.4, 0.5) is 5.69 Å². The lowest BCUT2D eigenvalue weighted by atomic mass is 10.1. The molecule has 4 rings (SSSR count). The summed E-state index contributed by atoms with van der Waals surface area (Å²) in [6, 6.07) is 18.3. The third-order valence-corrected chi connectivity index (χ3v) is 5.69. The van der Waals surface area contributed by atoms with Crippen LogP contribution >= 0.6 is 11.6 Å². The molecular formula is C25H22ClN3O4. The third-order valence-electron chi connectivity index (χ3n) is 5.28. The standard InChI is InChI=1S/C25H22ClN3O4/c1-15-12-22(30)18(13-19(15)26)16(2)27-28-20-14-24(31)29(25(20)32)21-10-6-7-11-23(21)33-17-8-4-3-5-9-17/h3-13,20,28,30H,14H2,1-2H3/b27-16+. The molecule has 8 heteroatoms. The molecule has 1 saturated heterocycles. The first-order valence-corrected chi connectivity index (χ1v) is 10.7. The summed E-state index contributed by atoms with van der Waals surface area (Å²) in [7, 11) is 0. The van der Waals surface area contributed by atoms with Crippen molar-refractivity contribution in [3.63, 3.8) is 0 Å². The van der Waals surface area contributed by atoms with Crippen LogP contribution in [-0.4, -0.2) is 28.7 Å². The fourth-order valence-electron chi connectivity index (χ4n) is 3.52. The van der Waals surface area contributed by atoms with E-state index in [0.717, 1.165) is 10.5 Å². The van der Waals surface area contributed by atoms with Crippen molar-refractivity contribution >= 4 is 34.8 Å². The van der Waals surface area contributed by atoms with E-state index in [9.17, 15) is 14.7 Å². The number of ether oxygens (including phenoxy) is 1. The van der Waals surface area contributed by atoms with Gasteiger partial charge in [0.05, 0.1) is 17.8 Å². The Morgan fingerprint density at radius 1 is 1.12 bits per heavy atom. The summed E-state index contributed by atoms with van der Waals surface area (Å²) < 4.78 is 5.91. The fraction of sp³-hybridized carbons (Fsp3) is 0.160. The molecule has 1 atom stereocenters. The second kappa shape index (κ2) is 9.34. The molecule has 1 aliphatic rings. The van der Waals surface area contributed by atoms with Gasteiger partial charge in [0.1, 0.15) is 17.5 Å². The number of rotatable bonds is 6. The van der Waals surface area contributed by atoms with E-state index >= 15 is 0 Å². The summed E-state index contributed by atoms with van der Waals surface area (Å²) >= 11 is 6.16. The van der Waals surface area contributed by atoms with Gasteiger partial charge in [-0.25, -0.2) is 4.90 Å². The second-order valence-electron chi connectivity index (χ2n) is 7.65. The number of nitrogens with one attached hydrogen (secondary N) is 1. The molecule has 0 spiro atoms. The topological polar surface area (TPSA) is 91.2 Å². The van der Waals surface area contributed by atoms with E-state index < -0.39 is 11.9 Å². The maximum Gasteiger partial charge on any atom is 0.258 e. The SMILES string of the molecule is C/C(=N\NC1CC(=O)N(c2ccccc2Oc2ccccc2)C1=O)c1cc(Cl)c(C)cc1O. The number of aryl methyl sites for hydroxylation is 1. The summed E-state index contributed by atoms with van der Waals surface area (Å²) in [6.45, 7) is 3.46. The number of aromatic hydroxyl groups is 1. The van der Waals surface area contributed by atoms with Crippen LogP contribution in [0.15, 0.2) is 71.8 Å². The number of para-hydroxylation sites is 3. The molecule has 33 heavy (non-hydrogen) atoms. The highest BCUT2D eigenvalue weighted by molar-refractivity contribution is 6.32. The predicted octanol–water partition coefficient (Wildman–Crippen LogP) is 4.79. The molecular weight excluding hydrogens is 442 g/mol. The molecule has 1 fully saturated rings. The van der Waals surface area contributed by atoms with Crippen molar-refractivity contribution in [2.75, 3.05) is 4.90 Å². The third kappa shape index (κ3) is 4.68. The van der Waals surface area contributed by atoms with E-state index in [2.05, 4.69) is 10.5 Å². The highest BCUT2D eigenvalue weighted by atomic mass is 35.5.